The van der Waals surface area contributed by atoms with Crippen LogP contribution in [0.2, 0.25) is 0 Å². The molecule has 3 rings (SSSR count). The van der Waals surface area contributed by atoms with Crippen LogP contribution in [0.3, 0.4) is 0 Å². The number of aromatic nitrogens is 2. The summed E-state index contributed by atoms with van der Waals surface area (Å²) in [6, 6.07) is 1.90. The highest BCUT2D eigenvalue weighted by atomic mass is 16.5. The first-order chi connectivity index (χ1) is 12.2. The van der Waals surface area contributed by atoms with Gasteiger partial charge in [0, 0.05) is 18.5 Å². The monoisotopic (exact) mass is 353 g/mol. The van der Waals surface area contributed by atoms with Crippen LogP contribution in [0.5, 0.6) is 0 Å². The molecule has 2 radical (unpaired) electrons. The van der Waals surface area contributed by atoms with Gasteiger partial charge in [0.05, 0.1) is 31.2 Å². The molecule has 0 saturated heterocycles. The smallest absolute Gasteiger partial charge is 0.306 e. The van der Waals surface area contributed by atoms with Gasteiger partial charge in [-0.15, -0.1) is 0 Å². The normalized spacial score (nSPS) is 17.9. The van der Waals surface area contributed by atoms with Crippen LogP contribution in [-0.4, -0.2) is 48.5 Å². The van der Waals surface area contributed by atoms with Gasteiger partial charge < -0.3 is 9.64 Å². The Hall–Kier alpha value is -2.31. The zero-order valence-electron chi connectivity index (χ0n) is 15.8. The summed E-state index contributed by atoms with van der Waals surface area (Å²) >= 11 is 0. The third kappa shape index (κ3) is 3.62. The van der Waals surface area contributed by atoms with Crippen molar-refractivity contribution in [3.05, 3.63) is 23.4 Å². The van der Waals surface area contributed by atoms with Gasteiger partial charge in [-0.1, -0.05) is 32.3 Å². The van der Waals surface area contributed by atoms with E-state index >= 15 is 0 Å². The van der Waals surface area contributed by atoms with Gasteiger partial charge in [0.25, 0.3) is 0 Å². The lowest BCUT2D eigenvalue weighted by Gasteiger charge is -2.31. The quantitative estimate of drug-likeness (QED) is 0.670. The van der Waals surface area contributed by atoms with Gasteiger partial charge in [-0.2, -0.15) is 5.10 Å². The third-order valence-corrected chi connectivity index (χ3v) is 4.75. The Balaban J connectivity index is 2.08. The van der Waals surface area contributed by atoms with Crippen LogP contribution >= 0.6 is 0 Å². The number of ether oxygens (including phenoxy) is 1. The van der Waals surface area contributed by atoms with Crippen LogP contribution < -0.4 is 5.46 Å². The van der Waals surface area contributed by atoms with Crippen molar-refractivity contribution in [3.8, 4) is 0 Å². The van der Waals surface area contributed by atoms with E-state index in [9.17, 15) is 9.59 Å². The largest absolute Gasteiger partial charge is 0.469 e. The van der Waals surface area contributed by atoms with Crippen LogP contribution in [0.1, 0.15) is 38.3 Å². The van der Waals surface area contributed by atoms with E-state index in [4.69, 9.17) is 12.6 Å². The summed E-state index contributed by atoms with van der Waals surface area (Å²) in [5.41, 5.74) is 3.38. The van der Waals surface area contributed by atoms with E-state index < -0.39 is 5.92 Å². The van der Waals surface area contributed by atoms with Crippen LogP contribution in [0.25, 0.3) is 10.9 Å². The minimum atomic E-state index is -0.449. The second-order valence-corrected chi connectivity index (χ2v) is 8.20. The minimum absolute atomic E-state index is 0.0169. The average Bonchev–Trinajstić information content (AvgIpc) is 3.00. The number of carbonyl (C=O) groups excluding carboxylic acids is 2. The number of methoxy groups -OCH3 is 1. The van der Waals surface area contributed by atoms with Crippen molar-refractivity contribution in [3.63, 3.8) is 0 Å². The molecule has 1 aromatic heterocycles. The molecule has 2 aromatic rings. The summed E-state index contributed by atoms with van der Waals surface area (Å²) in [5, 5.41) is 7.99. The van der Waals surface area contributed by atoms with E-state index in [2.05, 4.69) is 31.0 Å². The van der Waals surface area contributed by atoms with Gasteiger partial charge in [0.2, 0.25) is 5.91 Å². The van der Waals surface area contributed by atoms with Crippen molar-refractivity contribution in [1.29, 1.82) is 0 Å². The molecule has 1 aliphatic rings. The maximum absolute atomic E-state index is 13.2. The molecule has 0 spiro atoms. The van der Waals surface area contributed by atoms with E-state index in [0.29, 0.717) is 25.0 Å². The Labute approximate surface area is 154 Å². The van der Waals surface area contributed by atoms with Gasteiger partial charge in [0.15, 0.2) is 0 Å². The summed E-state index contributed by atoms with van der Waals surface area (Å²) in [4.78, 5) is 26.9. The molecule has 1 aliphatic heterocycles. The first-order valence-corrected chi connectivity index (χ1v) is 8.78. The number of fused-ring (bicyclic) bond motifs is 3. The molecule has 1 atom stereocenters. The van der Waals surface area contributed by atoms with E-state index in [1.54, 1.807) is 6.20 Å². The second kappa shape index (κ2) is 6.78. The van der Waals surface area contributed by atoms with Crippen molar-refractivity contribution in [2.24, 2.45) is 11.3 Å². The number of hydrogen-bond donors (Lipinski definition) is 1. The van der Waals surface area contributed by atoms with Crippen molar-refractivity contribution in [2.45, 2.75) is 40.2 Å². The van der Waals surface area contributed by atoms with Crippen molar-refractivity contribution in [1.82, 2.24) is 15.1 Å². The molecule has 0 unspecified atom stereocenters. The number of hydrogen-bond acceptors (Lipinski definition) is 4. The van der Waals surface area contributed by atoms with Gasteiger partial charge in [0.1, 0.15) is 7.85 Å². The third-order valence-electron chi connectivity index (χ3n) is 4.75. The van der Waals surface area contributed by atoms with Gasteiger partial charge in [-0.05, 0) is 23.0 Å². The average molecular weight is 353 g/mol. The fourth-order valence-electron chi connectivity index (χ4n) is 3.65. The number of H-pyrrole nitrogens is 1. The molecule has 2 heterocycles. The topological polar surface area (TPSA) is 75.3 Å². The fraction of sp³-hybridized carbons (Fsp3) is 0.526. The number of amides is 1. The van der Waals surface area contributed by atoms with Crippen LogP contribution in [-0.2, 0) is 27.3 Å². The molecule has 1 amide bonds. The predicted molar refractivity (Wildman–Crippen MR) is 100 cm³/mol. The number of esters is 1. The lowest BCUT2D eigenvalue weighted by Crippen LogP contribution is -2.40. The van der Waals surface area contributed by atoms with E-state index in [0.717, 1.165) is 22.0 Å². The lowest BCUT2D eigenvalue weighted by atomic mass is 9.86. The highest BCUT2D eigenvalue weighted by molar-refractivity contribution is 6.38. The molecule has 7 heteroatoms. The summed E-state index contributed by atoms with van der Waals surface area (Å²) < 4.78 is 4.80. The first-order valence-electron chi connectivity index (χ1n) is 8.78. The number of aromatic amines is 1. The number of rotatable bonds is 3. The number of benzene rings is 1. The van der Waals surface area contributed by atoms with Crippen molar-refractivity contribution < 1.29 is 14.3 Å². The molecule has 1 aromatic carbocycles. The zero-order valence-corrected chi connectivity index (χ0v) is 15.8. The molecule has 0 fully saturated rings. The molecule has 0 aliphatic carbocycles. The second-order valence-electron chi connectivity index (χ2n) is 8.20. The molecule has 136 valence electrons. The van der Waals surface area contributed by atoms with Gasteiger partial charge in [-0.25, -0.2) is 0 Å². The standard InChI is InChI=1S/C19H24BN3O3/c1-19(2,3)10-23-9-14-11(5-12(18(23)25)7-16(24)26-4)6-15(20)17-13(14)8-21-22-17/h6,8,12H,5,7,9-10H2,1-4H3,(H,21,22)/t12-/m0/s1. The lowest BCUT2D eigenvalue weighted by molar-refractivity contribution is -0.147. The van der Waals surface area contributed by atoms with E-state index in [1.807, 2.05) is 11.0 Å². The van der Waals surface area contributed by atoms with Gasteiger partial charge in [-0.3, -0.25) is 14.7 Å². The molecule has 6 nitrogen and oxygen atoms in total. The summed E-state index contributed by atoms with van der Waals surface area (Å²) in [7, 11) is 7.50. The molecular weight excluding hydrogens is 329 g/mol. The van der Waals surface area contributed by atoms with E-state index in [-0.39, 0.29) is 23.7 Å². The van der Waals surface area contributed by atoms with Crippen LogP contribution in [0, 0.1) is 11.3 Å². The van der Waals surface area contributed by atoms with Gasteiger partial charge >= 0.3 is 5.97 Å². The van der Waals surface area contributed by atoms with Crippen molar-refractivity contribution in [2.75, 3.05) is 13.7 Å². The summed E-state index contributed by atoms with van der Waals surface area (Å²) in [6.07, 6.45) is 2.29. The number of carbonyl (C=O) groups is 2. The Bertz CT molecular complexity index is 854. The first kappa shape index (κ1) is 18.5. The molecule has 0 saturated carbocycles. The molecular formula is C19H24BN3O3. The highest BCUT2D eigenvalue weighted by Gasteiger charge is 2.34. The van der Waals surface area contributed by atoms with Crippen LogP contribution in [0.15, 0.2) is 12.3 Å². The van der Waals surface area contributed by atoms with Crippen LogP contribution in [0.4, 0.5) is 0 Å². The summed E-state index contributed by atoms with van der Waals surface area (Å²) in [5.74, 6) is -0.841. The Morgan fingerprint density at radius 1 is 1.46 bits per heavy atom. The van der Waals surface area contributed by atoms with Crippen molar-refractivity contribution >= 4 is 36.1 Å². The fourth-order valence-corrected chi connectivity index (χ4v) is 3.65. The summed E-state index contributed by atoms with van der Waals surface area (Å²) in [6.45, 7) is 7.37. The Morgan fingerprint density at radius 2 is 2.19 bits per heavy atom. The number of nitrogens with one attached hydrogen (secondary N) is 1. The molecule has 1 N–H and O–H groups in total. The highest BCUT2D eigenvalue weighted by Crippen LogP contribution is 2.31. The maximum Gasteiger partial charge on any atom is 0.306 e. The zero-order chi connectivity index (χ0) is 19.1. The maximum atomic E-state index is 13.2. The molecule has 0 bridgehead atoms. The van der Waals surface area contributed by atoms with E-state index in [1.165, 1.54) is 7.11 Å². The Morgan fingerprint density at radius 3 is 2.85 bits per heavy atom. The SMILES string of the molecule is [B]c1cc2c(c3cn[nH]c13)CN(CC(C)(C)C)C(=O)[C@H](CC(=O)OC)C2. The Kier molecular flexibility index (Phi) is 4.82. The molecule has 26 heavy (non-hydrogen) atoms. The minimum Gasteiger partial charge on any atom is -0.469 e. The number of nitrogens with zero attached hydrogens (tertiary/aromatic N) is 2. The predicted octanol–water partition coefficient (Wildman–Crippen LogP) is 1.47.